The van der Waals surface area contributed by atoms with Crippen molar-refractivity contribution in [2.24, 2.45) is 12.9 Å². The lowest BCUT2D eigenvalue weighted by Gasteiger charge is -2.10. The van der Waals surface area contributed by atoms with Crippen molar-refractivity contribution >= 4 is 11.9 Å². The van der Waals surface area contributed by atoms with Crippen molar-refractivity contribution in [1.29, 1.82) is 0 Å². The van der Waals surface area contributed by atoms with Crippen LogP contribution in [0.15, 0.2) is 12.3 Å². The minimum absolute atomic E-state index is 0.0283. The number of aryl methyl sites for hydroxylation is 1. The maximum atomic E-state index is 5.45. The Balaban J connectivity index is 1.97. The van der Waals surface area contributed by atoms with Gasteiger partial charge in [0.25, 0.3) is 0 Å². The van der Waals surface area contributed by atoms with Crippen molar-refractivity contribution in [3.05, 3.63) is 18.0 Å². The van der Waals surface area contributed by atoms with E-state index >= 15 is 0 Å². The number of hydrogen-bond acceptors (Lipinski definition) is 8. The van der Waals surface area contributed by atoms with Gasteiger partial charge in [0.2, 0.25) is 11.9 Å². The lowest BCUT2D eigenvalue weighted by Crippen LogP contribution is -2.17. The van der Waals surface area contributed by atoms with Gasteiger partial charge in [-0.2, -0.15) is 20.1 Å². The molecule has 2 rings (SSSR count). The highest BCUT2D eigenvalue weighted by Gasteiger charge is 2.08. The zero-order valence-electron chi connectivity index (χ0n) is 12.4. The summed E-state index contributed by atoms with van der Waals surface area (Å²) in [7, 11) is 1.89. The molecule has 0 aliphatic rings. The summed E-state index contributed by atoms with van der Waals surface area (Å²) >= 11 is 0. The van der Waals surface area contributed by atoms with E-state index in [2.05, 4.69) is 30.8 Å². The Labute approximate surface area is 122 Å². The van der Waals surface area contributed by atoms with Crippen LogP contribution in [0, 0.1) is 0 Å². The minimum Gasteiger partial charge on any atom is -0.461 e. The van der Waals surface area contributed by atoms with E-state index in [0.717, 1.165) is 12.1 Å². The SMILES string of the molecule is CC(C)Oc1nc(NN)nc(NCCc2ccn(C)n2)n1. The topological polar surface area (TPSA) is 116 Å². The molecule has 2 heterocycles. The number of anilines is 2. The molecule has 114 valence electrons. The zero-order chi connectivity index (χ0) is 15.2. The van der Waals surface area contributed by atoms with Crippen molar-refractivity contribution in [3.63, 3.8) is 0 Å². The average molecular weight is 292 g/mol. The first-order chi connectivity index (χ1) is 10.1. The fourth-order valence-corrected chi connectivity index (χ4v) is 1.66. The normalized spacial score (nSPS) is 10.7. The molecule has 9 nitrogen and oxygen atoms in total. The first-order valence-corrected chi connectivity index (χ1v) is 6.68. The highest BCUT2D eigenvalue weighted by Crippen LogP contribution is 2.11. The predicted octanol–water partition coefficient (Wildman–Crippen LogP) is 0.332. The van der Waals surface area contributed by atoms with E-state index in [1.54, 1.807) is 4.68 Å². The molecule has 2 aromatic heterocycles. The summed E-state index contributed by atoms with van der Waals surface area (Å²) in [6.45, 7) is 4.44. The van der Waals surface area contributed by atoms with Gasteiger partial charge in [-0.25, -0.2) is 5.84 Å². The number of hydrogen-bond donors (Lipinski definition) is 3. The molecule has 0 radical (unpaired) electrons. The summed E-state index contributed by atoms with van der Waals surface area (Å²) < 4.78 is 7.22. The van der Waals surface area contributed by atoms with E-state index in [4.69, 9.17) is 10.6 Å². The van der Waals surface area contributed by atoms with Gasteiger partial charge < -0.3 is 10.1 Å². The Morgan fingerprint density at radius 2 is 2.05 bits per heavy atom. The second kappa shape index (κ2) is 6.84. The number of nitrogens with zero attached hydrogens (tertiary/aromatic N) is 5. The van der Waals surface area contributed by atoms with Gasteiger partial charge in [-0.3, -0.25) is 10.1 Å². The molecule has 2 aromatic rings. The Morgan fingerprint density at radius 3 is 2.67 bits per heavy atom. The lowest BCUT2D eigenvalue weighted by molar-refractivity contribution is 0.222. The van der Waals surface area contributed by atoms with E-state index in [1.165, 1.54) is 0 Å². The van der Waals surface area contributed by atoms with Gasteiger partial charge >= 0.3 is 6.01 Å². The molecule has 0 saturated heterocycles. The molecule has 0 aliphatic carbocycles. The molecule has 0 fully saturated rings. The van der Waals surface area contributed by atoms with E-state index < -0.39 is 0 Å². The minimum atomic E-state index is -0.0283. The van der Waals surface area contributed by atoms with Crippen LogP contribution in [0.1, 0.15) is 19.5 Å². The monoisotopic (exact) mass is 292 g/mol. The second-order valence-corrected chi connectivity index (χ2v) is 4.73. The molecular formula is C12H20N8O. The van der Waals surface area contributed by atoms with Crippen molar-refractivity contribution in [3.8, 4) is 6.01 Å². The molecule has 0 unspecified atom stereocenters. The van der Waals surface area contributed by atoms with Crippen molar-refractivity contribution in [2.45, 2.75) is 26.4 Å². The molecule has 4 N–H and O–H groups in total. The molecule has 0 bridgehead atoms. The Hall–Kier alpha value is -2.42. The second-order valence-electron chi connectivity index (χ2n) is 4.73. The van der Waals surface area contributed by atoms with Gasteiger partial charge in [0, 0.05) is 26.2 Å². The molecule has 0 aliphatic heterocycles. The van der Waals surface area contributed by atoms with Crippen molar-refractivity contribution in [2.75, 3.05) is 17.3 Å². The van der Waals surface area contributed by atoms with Gasteiger partial charge in [-0.05, 0) is 19.9 Å². The van der Waals surface area contributed by atoms with Crippen LogP contribution in [0.3, 0.4) is 0 Å². The molecule has 0 amide bonds. The van der Waals surface area contributed by atoms with Gasteiger partial charge in [0.15, 0.2) is 0 Å². The fraction of sp³-hybridized carbons (Fsp3) is 0.500. The third-order valence-electron chi connectivity index (χ3n) is 2.52. The third kappa shape index (κ3) is 4.56. The number of nitrogens with two attached hydrogens (primary N) is 1. The average Bonchev–Trinajstić information content (AvgIpc) is 2.83. The van der Waals surface area contributed by atoms with Crippen LogP contribution in [0.4, 0.5) is 11.9 Å². The highest BCUT2D eigenvalue weighted by molar-refractivity contribution is 5.35. The Morgan fingerprint density at radius 1 is 1.29 bits per heavy atom. The molecule has 21 heavy (non-hydrogen) atoms. The van der Waals surface area contributed by atoms with E-state index in [9.17, 15) is 0 Å². The smallest absolute Gasteiger partial charge is 0.323 e. The maximum absolute atomic E-state index is 5.45. The molecule has 0 atom stereocenters. The number of rotatable bonds is 7. The number of hydrazine groups is 1. The summed E-state index contributed by atoms with van der Waals surface area (Å²) in [6, 6.07) is 2.20. The number of nitrogens with one attached hydrogen (secondary N) is 2. The van der Waals surface area contributed by atoms with E-state index in [1.807, 2.05) is 33.2 Å². The van der Waals surface area contributed by atoms with Gasteiger partial charge in [0.1, 0.15) is 0 Å². The first-order valence-electron chi connectivity index (χ1n) is 6.68. The summed E-state index contributed by atoms with van der Waals surface area (Å²) in [4.78, 5) is 12.3. The molecule has 9 heteroatoms. The molecule has 0 saturated carbocycles. The standard InChI is InChI=1S/C12H20N8O/c1-8(2)21-12-16-10(15-11(17-12)18-13)14-6-4-9-5-7-20(3)19-9/h5,7-8H,4,6,13H2,1-3H3,(H2,14,15,16,17,18). The van der Waals surface area contributed by atoms with Crippen molar-refractivity contribution < 1.29 is 4.74 Å². The highest BCUT2D eigenvalue weighted by atomic mass is 16.5. The van der Waals surface area contributed by atoms with Gasteiger partial charge in [-0.15, -0.1) is 0 Å². The quantitative estimate of drug-likeness (QED) is 0.494. The molecule has 0 aromatic carbocycles. The van der Waals surface area contributed by atoms with Crippen molar-refractivity contribution in [1.82, 2.24) is 24.7 Å². The number of aromatic nitrogens is 5. The van der Waals surface area contributed by atoms with Crippen LogP contribution in [0.25, 0.3) is 0 Å². The summed E-state index contributed by atoms with van der Waals surface area (Å²) in [5, 5.41) is 7.40. The van der Waals surface area contributed by atoms with E-state index in [-0.39, 0.29) is 18.1 Å². The number of ether oxygens (including phenoxy) is 1. The summed E-state index contributed by atoms with van der Waals surface area (Å²) in [5.41, 5.74) is 3.39. The zero-order valence-corrected chi connectivity index (χ0v) is 12.4. The predicted molar refractivity (Wildman–Crippen MR) is 78.8 cm³/mol. The van der Waals surface area contributed by atoms with Gasteiger partial charge in [-0.1, -0.05) is 0 Å². The van der Waals surface area contributed by atoms with Crippen LogP contribution in [-0.4, -0.2) is 37.4 Å². The summed E-state index contributed by atoms with van der Waals surface area (Å²) in [6.07, 6.45) is 2.64. The third-order valence-corrected chi connectivity index (χ3v) is 2.52. The van der Waals surface area contributed by atoms with Crippen LogP contribution in [0.2, 0.25) is 0 Å². The number of nitrogen functional groups attached to an aromatic ring is 1. The molecule has 0 spiro atoms. The Bertz CT molecular complexity index is 582. The van der Waals surface area contributed by atoms with Gasteiger partial charge in [0.05, 0.1) is 11.8 Å². The maximum Gasteiger partial charge on any atom is 0.323 e. The van der Waals surface area contributed by atoms with Crippen LogP contribution in [0.5, 0.6) is 6.01 Å². The Kier molecular flexibility index (Phi) is 4.88. The van der Waals surface area contributed by atoms with Crippen LogP contribution < -0.4 is 21.3 Å². The fourth-order valence-electron chi connectivity index (χ4n) is 1.66. The first kappa shape index (κ1) is 15.0. The largest absolute Gasteiger partial charge is 0.461 e. The lowest BCUT2D eigenvalue weighted by atomic mass is 10.3. The summed E-state index contributed by atoms with van der Waals surface area (Å²) in [5.74, 6) is 6.00. The van der Waals surface area contributed by atoms with Crippen LogP contribution >= 0.6 is 0 Å². The van der Waals surface area contributed by atoms with Crippen LogP contribution in [-0.2, 0) is 13.5 Å². The van der Waals surface area contributed by atoms with E-state index in [0.29, 0.717) is 12.5 Å². The molecular weight excluding hydrogens is 272 g/mol.